The Hall–Kier alpha value is -0.450. The van der Waals surface area contributed by atoms with Crippen molar-refractivity contribution in [1.29, 1.82) is 0 Å². The first-order valence-corrected chi connectivity index (χ1v) is 3.56. The molecule has 0 bridgehead atoms. The summed E-state index contributed by atoms with van der Waals surface area (Å²) in [6.45, 7) is 0. The van der Waals surface area contributed by atoms with Crippen LogP contribution in [0.1, 0.15) is 0 Å². The number of amides is 1. The molecule has 0 spiro atoms. The number of hydrogen-bond acceptors (Lipinski definition) is 3. The van der Waals surface area contributed by atoms with Crippen molar-refractivity contribution in [3.05, 3.63) is 10.2 Å². The Kier molecular flexibility index (Phi) is 2.27. The molecular weight excluding hydrogens is 191 g/mol. The largest absolute Gasteiger partial charge is 0.356 e. The van der Waals surface area contributed by atoms with E-state index in [1.54, 1.807) is 0 Å². The van der Waals surface area contributed by atoms with Gasteiger partial charge in [0, 0.05) is 7.05 Å². The molecule has 4 nitrogen and oxygen atoms in total. The molecule has 62 valence electrons. The number of carbonyl (C=O) groups excluding carboxylic acids is 1. The molecule has 1 amide bonds. The van der Waals surface area contributed by atoms with Gasteiger partial charge in [0.25, 0.3) is 5.91 Å². The van der Waals surface area contributed by atoms with Gasteiger partial charge in [-0.25, -0.2) is 0 Å². The fourth-order valence-electron chi connectivity index (χ4n) is 0.633. The molecule has 0 saturated heterocycles. The van der Waals surface area contributed by atoms with Crippen molar-refractivity contribution in [3.63, 3.8) is 0 Å². The minimum atomic E-state index is -1.10. The van der Waals surface area contributed by atoms with Gasteiger partial charge >= 0.3 is 0 Å². The summed E-state index contributed by atoms with van der Waals surface area (Å²) in [5.41, 5.74) is 0. The van der Waals surface area contributed by atoms with Gasteiger partial charge in [-0.05, 0) is 0 Å². The Morgan fingerprint density at radius 3 is 2.73 bits per heavy atom. The molecule has 0 aromatic rings. The molecule has 11 heavy (non-hydrogen) atoms. The lowest BCUT2D eigenvalue weighted by atomic mass is 10.4. The lowest BCUT2D eigenvalue weighted by molar-refractivity contribution is -0.124. The normalized spacial score (nSPS) is 25.6. The van der Waals surface area contributed by atoms with E-state index in [-0.39, 0.29) is 10.2 Å². The highest BCUT2D eigenvalue weighted by atomic mass is 35.5. The number of nitrogens with zero attached hydrogens (tertiary/aromatic N) is 1. The van der Waals surface area contributed by atoms with Gasteiger partial charge in [0.05, 0.1) is 0 Å². The van der Waals surface area contributed by atoms with Crippen LogP contribution >= 0.6 is 23.2 Å². The molecule has 1 aliphatic heterocycles. The third kappa shape index (κ3) is 1.42. The number of nitrogens with one attached hydrogen (secondary N) is 1. The van der Waals surface area contributed by atoms with E-state index in [2.05, 4.69) is 5.32 Å². The molecule has 1 atom stereocenters. The Labute approximate surface area is 73.4 Å². The fraction of sp³-hybridized carbons (Fsp3) is 0.400. The zero-order chi connectivity index (χ0) is 8.59. The third-order valence-corrected chi connectivity index (χ3v) is 2.22. The Morgan fingerprint density at radius 2 is 2.18 bits per heavy atom. The monoisotopic (exact) mass is 196 g/mol. The van der Waals surface area contributed by atoms with Crippen molar-refractivity contribution in [1.82, 2.24) is 10.2 Å². The van der Waals surface area contributed by atoms with E-state index in [0.717, 1.165) is 0 Å². The molecule has 1 aliphatic rings. The quantitative estimate of drug-likeness (QED) is 0.536. The summed E-state index contributed by atoms with van der Waals surface area (Å²) in [6, 6.07) is 0. The van der Waals surface area contributed by atoms with Gasteiger partial charge in [-0.1, -0.05) is 23.2 Å². The summed E-state index contributed by atoms with van der Waals surface area (Å²) in [7, 11) is 1.51. The number of halogens is 2. The topological polar surface area (TPSA) is 52.6 Å². The summed E-state index contributed by atoms with van der Waals surface area (Å²) in [4.78, 5) is 12.0. The number of hydrogen-bond donors (Lipinski definition) is 2. The van der Waals surface area contributed by atoms with Gasteiger partial charge in [0.15, 0.2) is 0 Å². The van der Waals surface area contributed by atoms with Crippen LogP contribution in [0, 0.1) is 0 Å². The smallest absolute Gasteiger partial charge is 0.269 e. The van der Waals surface area contributed by atoms with E-state index >= 15 is 0 Å². The average Bonchev–Trinajstić information content (AvgIpc) is 1.97. The van der Waals surface area contributed by atoms with Crippen LogP contribution in [0.25, 0.3) is 0 Å². The van der Waals surface area contributed by atoms with Crippen LogP contribution in [0.2, 0.25) is 0 Å². The van der Waals surface area contributed by atoms with Crippen molar-refractivity contribution in [2.24, 2.45) is 0 Å². The first-order valence-electron chi connectivity index (χ1n) is 2.81. The van der Waals surface area contributed by atoms with Crippen LogP contribution in [-0.4, -0.2) is 29.3 Å². The van der Waals surface area contributed by atoms with E-state index in [9.17, 15) is 4.79 Å². The van der Waals surface area contributed by atoms with Crippen molar-refractivity contribution < 1.29 is 9.90 Å². The first kappa shape index (κ1) is 8.64. The molecular formula is C5H6Cl2N2O2. The molecule has 0 radical (unpaired) electrons. The molecule has 1 heterocycles. The summed E-state index contributed by atoms with van der Waals surface area (Å²) < 4.78 is 0. The maximum Gasteiger partial charge on any atom is 0.269 e. The second-order valence-electron chi connectivity index (χ2n) is 2.06. The second-order valence-corrected chi connectivity index (χ2v) is 2.80. The predicted octanol–water partition coefficient (Wildman–Crippen LogP) is -0.0294. The van der Waals surface area contributed by atoms with Gasteiger partial charge in [-0.2, -0.15) is 0 Å². The summed E-state index contributed by atoms with van der Waals surface area (Å²) in [5, 5.41) is 11.2. The molecule has 0 fully saturated rings. The molecule has 0 saturated carbocycles. The lowest BCUT2D eigenvalue weighted by Crippen LogP contribution is -2.49. The maximum absolute atomic E-state index is 10.8. The highest BCUT2D eigenvalue weighted by molar-refractivity contribution is 6.48. The number of aliphatic hydroxyl groups excluding tert-OH is 1. The molecule has 1 unspecified atom stereocenters. The zero-order valence-corrected chi connectivity index (χ0v) is 7.15. The van der Waals surface area contributed by atoms with Crippen LogP contribution in [0.4, 0.5) is 0 Å². The maximum atomic E-state index is 10.8. The van der Waals surface area contributed by atoms with E-state index in [1.807, 2.05) is 0 Å². The summed E-state index contributed by atoms with van der Waals surface area (Å²) in [5.74, 6) is -0.567. The second kappa shape index (κ2) is 2.89. The SMILES string of the molecule is CN1C(Cl)=C(Cl)C(=O)NC1O. The van der Waals surface area contributed by atoms with Gasteiger partial charge in [-0.15, -0.1) is 0 Å². The number of rotatable bonds is 0. The Morgan fingerprint density at radius 1 is 1.64 bits per heavy atom. The average molecular weight is 197 g/mol. The van der Waals surface area contributed by atoms with Crippen molar-refractivity contribution in [3.8, 4) is 0 Å². The predicted molar refractivity (Wildman–Crippen MR) is 40.6 cm³/mol. The fourth-order valence-corrected chi connectivity index (χ4v) is 0.999. The Bertz CT molecular complexity index is 229. The van der Waals surface area contributed by atoms with E-state index < -0.39 is 12.3 Å². The van der Waals surface area contributed by atoms with Crippen molar-refractivity contribution in [2.45, 2.75) is 6.35 Å². The lowest BCUT2D eigenvalue weighted by Gasteiger charge is -2.29. The third-order valence-electron chi connectivity index (χ3n) is 1.32. The number of carbonyl (C=O) groups is 1. The van der Waals surface area contributed by atoms with Gasteiger partial charge in [-0.3, -0.25) is 4.79 Å². The van der Waals surface area contributed by atoms with Crippen molar-refractivity contribution in [2.75, 3.05) is 7.05 Å². The molecule has 1 rings (SSSR count). The summed E-state index contributed by atoms with van der Waals surface area (Å²) >= 11 is 11.0. The molecule has 0 aliphatic carbocycles. The molecule has 6 heteroatoms. The zero-order valence-electron chi connectivity index (χ0n) is 5.64. The van der Waals surface area contributed by atoms with Gasteiger partial charge in [0.1, 0.15) is 10.2 Å². The molecule has 0 aromatic carbocycles. The van der Waals surface area contributed by atoms with Gasteiger partial charge < -0.3 is 15.3 Å². The highest BCUT2D eigenvalue weighted by Gasteiger charge is 2.27. The molecule has 0 aromatic heterocycles. The minimum absolute atomic E-state index is 0.0444. The number of aliphatic hydroxyl groups is 1. The standard InChI is InChI=1S/C5H6Cl2N2O2/c1-9-3(7)2(6)4(10)8-5(9)11/h5,11H,1H3,(H,8,10). The van der Waals surface area contributed by atoms with Crippen LogP contribution in [0.3, 0.4) is 0 Å². The van der Waals surface area contributed by atoms with Crippen LogP contribution < -0.4 is 5.32 Å². The van der Waals surface area contributed by atoms with E-state index in [4.69, 9.17) is 28.3 Å². The summed E-state index contributed by atoms with van der Waals surface area (Å²) in [6.07, 6.45) is -1.10. The van der Waals surface area contributed by atoms with E-state index in [0.29, 0.717) is 0 Å². The van der Waals surface area contributed by atoms with Crippen molar-refractivity contribution >= 4 is 29.1 Å². The molecule has 2 N–H and O–H groups in total. The first-order chi connectivity index (χ1) is 5.04. The Balaban J connectivity index is 2.98. The minimum Gasteiger partial charge on any atom is -0.356 e. The van der Waals surface area contributed by atoms with Gasteiger partial charge in [0.2, 0.25) is 6.35 Å². The van der Waals surface area contributed by atoms with Crippen LogP contribution in [0.15, 0.2) is 10.2 Å². The van der Waals surface area contributed by atoms with Crippen LogP contribution in [0.5, 0.6) is 0 Å². The highest BCUT2D eigenvalue weighted by Crippen LogP contribution is 2.21. The van der Waals surface area contributed by atoms with Crippen LogP contribution in [-0.2, 0) is 4.79 Å². The van der Waals surface area contributed by atoms with E-state index in [1.165, 1.54) is 11.9 Å².